The summed E-state index contributed by atoms with van der Waals surface area (Å²) in [5.41, 5.74) is 3.27. The maximum absolute atomic E-state index is 12.0. The van der Waals surface area contributed by atoms with Crippen LogP contribution in [0.5, 0.6) is 5.75 Å². The zero-order valence-electron chi connectivity index (χ0n) is 15.3. The van der Waals surface area contributed by atoms with Crippen molar-refractivity contribution < 1.29 is 9.53 Å². The van der Waals surface area contributed by atoms with Crippen LogP contribution in [0.3, 0.4) is 0 Å². The maximum Gasteiger partial charge on any atom is 0.239 e. The van der Waals surface area contributed by atoms with E-state index >= 15 is 0 Å². The van der Waals surface area contributed by atoms with Crippen molar-refractivity contribution in [1.82, 2.24) is 5.32 Å². The van der Waals surface area contributed by atoms with Crippen LogP contribution in [0.1, 0.15) is 24.8 Å². The molecule has 0 aliphatic carbocycles. The Morgan fingerprint density at radius 1 is 1.00 bits per heavy atom. The fourth-order valence-electron chi connectivity index (χ4n) is 3.13. The molecule has 2 N–H and O–H groups in total. The molecule has 138 valence electrons. The topological polar surface area (TPSA) is 53.6 Å². The summed E-state index contributed by atoms with van der Waals surface area (Å²) in [6, 6.07) is 16.0. The van der Waals surface area contributed by atoms with Crippen molar-refractivity contribution in [3.63, 3.8) is 0 Å². The minimum atomic E-state index is -0.0269. The number of hydrogen-bond acceptors (Lipinski definition) is 4. The highest BCUT2D eigenvalue weighted by molar-refractivity contribution is 5.80. The number of hydrogen-bond donors (Lipinski definition) is 2. The lowest BCUT2D eigenvalue weighted by atomic mass is 10.1. The standard InChI is InChI=1S/C21H27N3O2/c1-26-20-11-5-17(6-12-20)15-23-21(25)16-22-18-7-9-19(10-8-18)24-13-3-2-4-14-24/h5-12,22H,2-4,13-16H2,1H3,(H,23,25). The summed E-state index contributed by atoms with van der Waals surface area (Å²) >= 11 is 0. The van der Waals surface area contributed by atoms with Gasteiger partial charge in [0.1, 0.15) is 5.75 Å². The lowest BCUT2D eigenvalue weighted by molar-refractivity contribution is -0.119. The van der Waals surface area contributed by atoms with Gasteiger partial charge in [-0.2, -0.15) is 0 Å². The molecule has 1 heterocycles. The van der Waals surface area contributed by atoms with Gasteiger partial charge in [0.2, 0.25) is 5.91 Å². The predicted octanol–water partition coefficient (Wildman–Crippen LogP) is 3.41. The first-order valence-corrected chi connectivity index (χ1v) is 9.23. The van der Waals surface area contributed by atoms with E-state index in [4.69, 9.17) is 4.74 Å². The van der Waals surface area contributed by atoms with E-state index in [9.17, 15) is 4.79 Å². The van der Waals surface area contributed by atoms with Crippen LogP contribution in [0.4, 0.5) is 11.4 Å². The molecule has 2 aromatic rings. The number of carbonyl (C=O) groups is 1. The van der Waals surface area contributed by atoms with Gasteiger partial charge >= 0.3 is 0 Å². The molecular weight excluding hydrogens is 326 g/mol. The van der Waals surface area contributed by atoms with E-state index in [1.165, 1.54) is 24.9 Å². The van der Waals surface area contributed by atoms with Crippen LogP contribution in [0.25, 0.3) is 0 Å². The van der Waals surface area contributed by atoms with E-state index in [1.54, 1.807) is 7.11 Å². The van der Waals surface area contributed by atoms with Gasteiger partial charge in [-0.3, -0.25) is 4.79 Å². The molecule has 1 aliphatic heterocycles. The number of methoxy groups -OCH3 is 1. The van der Waals surface area contributed by atoms with Gasteiger partial charge in [0.05, 0.1) is 13.7 Å². The third kappa shape index (κ3) is 5.15. The molecule has 26 heavy (non-hydrogen) atoms. The average Bonchev–Trinajstić information content (AvgIpc) is 2.72. The van der Waals surface area contributed by atoms with E-state index in [1.807, 2.05) is 36.4 Å². The van der Waals surface area contributed by atoms with Crippen molar-refractivity contribution in [2.45, 2.75) is 25.8 Å². The summed E-state index contributed by atoms with van der Waals surface area (Å²) in [4.78, 5) is 14.4. The van der Waals surface area contributed by atoms with Gasteiger partial charge in [-0.15, -0.1) is 0 Å². The van der Waals surface area contributed by atoms with Gasteiger partial charge in [-0.25, -0.2) is 0 Å². The molecule has 0 aromatic heterocycles. The van der Waals surface area contributed by atoms with E-state index in [0.29, 0.717) is 6.54 Å². The molecule has 0 radical (unpaired) electrons. The number of benzene rings is 2. The summed E-state index contributed by atoms with van der Waals surface area (Å²) < 4.78 is 5.13. The van der Waals surface area contributed by atoms with Gasteiger partial charge in [0.15, 0.2) is 0 Å². The molecule has 0 spiro atoms. The Bertz CT molecular complexity index is 692. The zero-order chi connectivity index (χ0) is 18.2. The number of rotatable bonds is 7. The molecule has 0 saturated carbocycles. The predicted molar refractivity (Wildman–Crippen MR) is 106 cm³/mol. The second-order valence-corrected chi connectivity index (χ2v) is 6.57. The lowest BCUT2D eigenvalue weighted by Crippen LogP contribution is -2.30. The largest absolute Gasteiger partial charge is 0.497 e. The van der Waals surface area contributed by atoms with Crippen molar-refractivity contribution >= 4 is 17.3 Å². The van der Waals surface area contributed by atoms with Gasteiger partial charge in [-0.1, -0.05) is 12.1 Å². The fourth-order valence-corrected chi connectivity index (χ4v) is 3.13. The summed E-state index contributed by atoms with van der Waals surface area (Å²) in [6.07, 6.45) is 3.88. The van der Waals surface area contributed by atoms with Crippen LogP contribution in [-0.4, -0.2) is 32.7 Å². The molecule has 1 saturated heterocycles. The molecule has 3 rings (SSSR count). The molecule has 5 heteroatoms. The second-order valence-electron chi connectivity index (χ2n) is 6.57. The second kappa shape index (κ2) is 9.13. The highest BCUT2D eigenvalue weighted by Gasteiger charge is 2.10. The molecule has 1 fully saturated rings. The minimum Gasteiger partial charge on any atom is -0.497 e. The first-order chi connectivity index (χ1) is 12.7. The van der Waals surface area contributed by atoms with Gasteiger partial charge in [-0.05, 0) is 61.2 Å². The normalized spacial score (nSPS) is 14.0. The average molecular weight is 353 g/mol. The Hall–Kier alpha value is -2.69. The first-order valence-electron chi connectivity index (χ1n) is 9.23. The summed E-state index contributed by atoms with van der Waals surface area (Å²) in [6.45, 7) is 3.05. The maximum atomic E-state index is 12.0. The molecule has 1 amide bonds. The number of piperidine rings is 1. The highest BCUT2D eigenvalue weighted by Crippen LogP contribution is 2.21. The monoisotopic (exact) mass is 353 g/mol. The third-order valence-corrected chi connectivity index (χ3v) is 4.69. The Morgan fingerprint density at radius 3 is 2.35 bits per heavy atom. The van der Waals surface area contributed by atoms with Crippen LogP contribution >= 0.6 is 0 Å². The number of nitrogens with one attached hydrogen (secondary N) is 2. The zero-order valence-corrected chi connectivity index (χ0v) is 15.3. The van der Waals surface area contributed by atoms with Crippen LogP contribution < -0.4 is 20.3 Å². The Labute approximate surface area is 155 Å². The first kappa shape index (κ1) is 18.1. The van der Waals surface area contributed by atoms with Crippen LogP contribution in [0, 0.1) is 0 Å². The molecule has 1 aliphatic rings. The molecule has 0 bridgehead atoms. The lowest BCUT2D eigenvalue weighted by Gasteiger charge is -2.28. The number of carbonyl (C=O) groups excluding carboxylic acids is 1. The summed E-state index contributed by atoms with van der Waals surface area (Å²) in [7, 11) is 1.64. The highest BCUT2D eigenvalue weighted by atomic mass is 16.5. The van der Waals surface area contributed by atoms with Crippen LogP contribution in [0.2, 0.25) is 0 Å². The molecule has 0 atom stereocenters. The van der Waals surface area contributed by atoms with Crippen molar-refractivity contribution in [3.05, 3.63) is 54.1 Å². The fraction of sp³-hybridized carbons (Fsp3) is 0.381. The third-order valence-electron chi connectivity index (χ3n) is 4.69. The molecule has 0 unspecified atom stereocenters. The van der Waals surface area contributed by atoms with E-state index in [-0.39, 0.29) is 12.5 Å². The molecular formula is C21H27N3O2. The Kier molecular flexibility index (Phi) is 6.36. The van der Waals surface area contributed by atoms with Gasteiger partial charge in [0.25, 0.3) is 0 Å². The molecule has 5 nitrogen and oxygen atoms in total. The van der Waals surface area contributed by atoms with E-state index in [2.05, 4.69) is 27.7 Å². The quantitative estimate of drug-likeness (QED) is 0.801. The van der Waals surface area contributed by atoms with Crippen LogP contribution in [0.15, 0.2) is 48.5 Å². The summed E-state index contributed by atoms with van der Waals surface area (Å²) in [5.74, 6) is 0.788. The van der Waals surface area contributed by atoms with Crippen molar-refractivity contribution in [1.29, 1.82) is 0 Å². The number of nitrogens with zero attached hydrogens (tertiary/aromatic N) is 1. The van der Waals surface area contributed by atoms with E-state index in [0.717, 1.165) is 30.1 Å². The Morgan fingerprint density at radius 2 is 1.69 bits per heavy atom. The van der Waals surface area contributed by atoms with E-state index < -0.39 is 0 Å². The SMILES string of the molecule is COc1ccc(CNC(=O)CNc2ccc(N3CCCCC3)cc2)cc1. The van der Waals surface area contributed by atoms with Crippen molar-refractivity contribution in [2.24, 2.45) is 0 Å². The Balaban J connectivity index is 1.42. The van der Waals surface area contributed by atoms with Crippen LogP contribution in [-0.2, 0) is 11.3 Å². The number of ether oxygens (including phenoxy) is 1. The van der Waals surface area contributed by atoms with Crippen molar-refractivity contribution in [3.8, 4) is 5.75 Å². The number of amides is 1. The molecule has 2 aromatic carbocycles. The number of anilines is 2. The summed E-state index contributed by atoms with van der Waals surface area (Å²) in [5, 5.41) is 6.10. The van der Waals surface area contributed by atoms with Gasteiger partial charge in [0, 0.05) is 31.0 Å². The minimum absolute atomic E-state index is 0.0269. The smallest absolute Gasteiger partial charge is 0.239 e. The van der Waals surface area contributed by atoms with Crippen molar-refractivity contribution in [2.75, 3.05) is 37.0 Å². The van der Waals surface area contributed by atoms with Gasteiger partial charge < -0.3 is 20.3 Å².